The van der Waals surface area contributed by atoms with Crippen molar-refractivity contribution in [3.8, 4) is 0 Å². The molecule has 17 heavy (non-hydrogen) atoms. The van der Waals surface area contributed by atoms with Gasteiger partial charge in [-0.2, -0.15) is 0 Å². The van der Waals surface area contributed by atoms with Crippen molar-refractivity contribution in [2.75, 3.05) is 27.2 Å². The summed E-state index contributed by atoms with van der Waals surface area (Å²) >= 11 is 0. The molecule has 1 aliphatic rings. The molecule has 3 atom stereocenters. The highest BCUT2D eigenvalue weighted by Gasteiger charge is 2.26. The van der Waals surface area contributed by atoms with Crippen LogP contribution < -0.4 is 5.32 Å². The summed E-state index contributed by atoms with van der Waals surface area (Å²) in [6, 6.07) is 0.752. The first-order chi connectivity index (χ1) is 7.80. The minimum absolute atomic E-state index is 0.371. The van der Waals surface area contributed by atoms with Crippen LogP contribution in [0.25, 0.3) is 0 Å². The van der Waals surface area contributed by atoms with Crippen LogP contribution in [-0.2, 0) is 0 Å². The molecule has 0 aliphatic heterocycles. The van der Waals surface area contributed by atoms with Crippen LogP contribution >= 0.6 is 0 Å². The third-order valence-electron chi connectivity index (χ3n) is 4.21. The molecule has 0 aromatic rings. The van der Waals surface area contributed by atoms with Gasteiger partial charge in [0.15, 0.2) is 0 Å². The standard InChI is InChI=1S/C15H32N2/c1-12-7-8-14(9-13(12)2)16-10-15(3,4)11-17(5)6/h12-14,16H,7-11H2,1-6H3. The third-order valence-corrected chi connectivity index (χ3v) is 4.21. The molecule has 102 valence electrons. The molecule has 0 aromatic carbocycles. The Labute approximate surface area is 108 Å². The van der Waals surface area contributed by atoms with Crippen LogP contribution in [0.1, 0.15) is 47.0 Å². The second-order valence-corrected chi connectivity index (χ2v) is 7.25. The Morgan fingerprint density at radius 2 is 1.76 bits per heavy atom. The molecule has 1 N–H and O–H groups in total. The Morgan fingerprint density at radius 1 is 1.12 bits per heavy atom. The Balaban J connectivity index is 2.31. The average molecular weight is 240 g/mol. The fraction of sp³-hybridized carbons (Fsp3) is 1.00. The second-order valence-electron chi connectivity index (χ2n) is 7.25. The van der Waals surface area contributed by atoms with Crippen molar-refractivity contribution in [1.82, 2.24) is 10.2 Å². The fourth-order valence-electron chi connectivity index (χ4n) is 3.07. The highest BCUT2D eigenvalue weighted by molar-refractivity contribution is 4.82. The molecule has 2 heteroatoms. The smallest absolute Gasteiger partial charge is 0.00700 e. The van der Waals surface area contributed by atoms with Crippen molar-refractivity contribution in [1.29, 1.82) is 0 Å². The molecular formula is C15H32N2. The lowest BCUT2D eigenvalue weighted by atomic mass is 9.79. The van der Waals surface area contributed by atoms with Gasteiger partial charge in [-0.1, -0.05) is 27.7 Å². The van der Waals surface area contributed by atoms with E-state index in [0.717, 1.165) is 31.0 Å². The summed E-state index contributed by atoms with van der Waals surface area (Å²) < 4.78 is 0. The van der Waals surface area contributed by atoms with Crippen molar-refractivity contribution >= 4 is 0 Å². The van der Waals surface area contributed by atoms with Crippen molar-refractivity contribution in [2.45, 2.75) is 53.0 Å². The molecule has 0 spiro atoms. The van der Waals surface area contributed by atoms with E-state index in [1.807, 2.05) is 0 Å². The molecule has 0 amide bonds. The molecular weight excluding hydrogens is 208 g/mol. The molecule has 1 aliphatic carbocycles. The van der Waals surface area contributed by atoms with Crippen LogP contribution in [0.5, 0.6) is 0 Å². The van der Waals surface area contributed by atoms with E-state index in [4.69, 9.17) is 0 Å². The van der Waals surface area contributed by atoms with Gasteiger partial charge in [0, 0.05) is 19.1 Å². The fourth-order valence-corrected chi connectivity index (χ4v) is 3.07. The molecule has 0 aromatic heterocycles. The van der Waals surface area contributed by atoms with Gasteiger partial charge in [0.1, 0.15) is 0 Å². The quantitative estimate of drug-likeness (QED) is 0.795. The Morgan fingerprint density at radius 3 is 2.29 bits per heavy atom. The summed E-state index contributed by atoms with van der Waals surface area (Å²) in [6.07, 6.45) is 4.12. The van der Waals surface area contributed by atoms with E-state index in [9.17, 15) is 0 Å². The van der Waals surface area contributed by atoms with Crippen molar-refractivity contribution in [3.63, 3.8) is 0 Å². The summed E-state index contributed by atoms with van der Waals surface area (Å²) in [5.41, 5.74) is 0.371. The van der Waals surface area contributed by atoms with Crippen molar-refractivity contribution < 1.29 is 0 Å². The van der Waals surface area contributed by atoms with Crippen LogP contribution in [0.2, 0.25) is 0 Å². The number of hydrogen-bond donors (Lipinski definition) is 1. The number of nitrogens with zero attached hydrogens (tertiary/aromatic N) is 1. The third kappa shape index (κ3) is 5.39. The predicted molar refractivity (Wildman–Crippen MR) is 76.3 cm³/mol. The molecule has 2 nitrogen and oxygen atoms in total. The van der Waals surface area contributed by atoms with Crippen LogP contribution in [0.3, 0.4) is 0 Å². The lowest BCUT2D eigenvalue weighted by molar-refractivity contribution is 0.187. The van der Waals surface area contributed by atoms with Gasteiger partial charge in [0.2, 0.25) is 0 Å². The molecule has 0 bridgehead atoms. The van der Waals surface area contributed by atoms with E-state index in [2.05, 4.69) is 52.0 Å². The van der Waals surface area contributed by atoms with Gasteiger partial charge < -0.3 is 10.2 Å². The van der Waals surface area contributed by atoms with Crippen LogP contribution in [0, 0.1) is 17.3 Å². The largest absolute Gasteiger partial charge is 0.313 e. The molecule has 3 unspecified atom stereocenters. The average Bonchev–Trinajstić information content (AvgIpc) is 2.18. The Bertz CT molecular complexity index is 223. The zero-order chi connectivity index (χ0) is 13.1. The minimum Gasteiger partial charge on any atom is -0.313 e. The van der Waals surface area contributed by atoms with E-state index in [1.165, 1.54) is 19.3 Å². The highest BCUT2D eigenvalue weighted by Crippen LogP contribution is 2.29. The van der Waals surface area contributed by atoms with Gasteiger partial charge in [-0.3, -0.25) is 0 Å². The molecule has 0 saturated heterocycles. The summed E-state index contributed by atoms with van der Waals surface area (Å²) in [4.78, 5) is 2.28. The molecule has 1 fully saturated rings. The predicted octanol–water partition coefficient (Wildman–Crippen LogP) is 2.99. The lowest BCUT2D eigenvalue weighted by Gasteiger charge is -2.36. The monoisotopic (exact) mass is 240 g/mol. The summed E-state index contributed by atoms with van der Waals surface area (Å²) in [5, 5.41) is 3.79. The van der Waals surface area contributed by atoms with Crippen LogP contribution in [-0.4, -0.2) is 38.1 Å². The van der Waals surface area contributed by atoms with Crippen LogP contribution in [0.15, 0.2) is 0 Å². The minimum atomic E-state index is 0.371. The van der Waals surface area contributed by atoms with Gasteiger partial charge >= 0.3 is 0 Å². The van der Waals surface area contributed by atoms with Crippen molar-refractivity contribution in [3.05, 3.63) is 0 Å². The Hall–Kier alpha value is -0.0800. The maximum atomic E-state index is 3.79. The normalized spacial score (nSPS) is 30.9. The first kappa shape index (κ1) is 15.0. The highest BCUT2D eigenvalue weighted by atomic mass is 15.1. The van der Waals surface area contributed by atoms with Gasteiger partial charge in [-0.15, -0.1) is 0 Å². The number of rotatable bonds is 5. The first-order valence-electron chi connectivity index (χ1n) is 7.18. The van der Waals surface area contributed by atoms with E-state index in [0.29, 0.717) is 5.41 Å². The second kappa shape index (κ2) is 6.19. The number of nitrogens with one attached hydrogen (secondary N) is 1. The topological polar surface area (TPSA) is 15.3 Å². The zero-order valence-electron chi connectivity index (χ0n) is 12.7. The Kier molecular flexibility index (Phi) is 5.46. The summed E-state index contributed by atoms with van der Waals surface area (Å²) in [7, 11) is 4.32. The van der Waals surface area contributed by atoms with E-state index in [-0.39, 0.29) is 0 Å². The zero-order valence-corrected chi connectivity index (χ0v) is 12.7. The number of hydrogen-bond acceptors (Lipinski definition) is 2. The summed E-state index contributed by atoms with van der Waals surface area (Å²) in [6.45, 7) is 11.8. The maximum absolute atomic E-state index is 3.79. The maximum Gasteiger partial charge on any atom is 0.00700 e. The molecule has 0 heterocycles. The van der Waals surface area contributed by atoms with E-state index in [1.54, 1.807) is 0 Å². The van der Waals surface area contributed by atoms with Crippen molar-refractivity contribution in [2.24, 2.45) is 17.3 Å². The SMILES string of the molecule is CC1CCC(NCC(C)(C)CN(C)C)CC1C. The first-order valence-corrected chi connectivity index (χ1v) is 7.18. The van der Waals surface area contributed by atoms with Gasteiger partial charge in [0.05, 0.1) is 0 Å². The molecule has 0 radical (unpaired) electrons. The molecule has 1 saturated carbocycles. The van der Waals surface area contributed by atoms with Gasteiger partial charge in [-0.05, 0) is 50.6 Å². The van der Waals surface area contributed by atoms with Gasteiger partial charge in [0.25, 0.3) is 0 Å². The van der Waals surface area contributed by atoms with Crippen LogP contribution in [0.4, 0.5) is 0 Å². The van der Waals surface area contributed by atoms with E-state index < -0.39 is 0 Å². The van der Waals surface area contributed by atoms with Gasteiger partial charge in [-0.25, -0.2) is 0 Å². The summed E-state index contributed by atoms with van der Waals surface area (Å²) in [5.74, 6) is 1.81. The molecule has 1 rings (SSSR count). The lowest BCUT2D eigenvalue weighted by Crippen LogP contribution is -2.44. The van der Waals surface area contributed by atoms with E-state index >= 15 is 0 Å².